The van der Waals surface area contributed by atoms with Crippen molar-refractivity contribution < 1.29 is 9.53 Å². The van der Waals surface area contributed by atoms with Gasteiger partial charge in [-0.3, -0.25) is 4.79 Å². The smallest absolute Gasteiger partial charge is 0.253 e. The van der Waals surface area contributed by atoms with Gasteiger partial charge in [0.2, 0.25) is 0 Å². The number of likely N-dealkylation sites (tertiary alicyclic amines) is 1. The first kappa shape index (κ1) is 29.5. The summed E-state index contributed by atoms with van der Waals surface area (Å²) in [5.74, 6) is 0.668. The molecule has 1 N–H and O–H groups in total. The SMILES string of the molecule is COc1ccc(N(Cc2cccc(C#N)n2)C2CCN(C(C)CCNC(=O)c3c(C)cc(C#N)nc3C)CC2)cc1. The lowest BCUT2D eigenvalue weighted by Gasteiger charge is -2.41. The van der Waals surface area contributed by atoms with Crippen molar-refractivity contribution in [2.45, 2.75) is 58.7 Å². The molecule has 1 unspecified atom stereocenters. The van der Waals surface area contributed by atoms with Gasteiger partial charge >= 0.3 is 0 Å². The van der Waals surface area contributed by atoms with Gasteiger partial charge in [-0.1, -0.05) is 6.07 Å². The molecule has 2 aromatic heterocycles. The number of carbonyl (C=O) groups excluding carboxylic acids is 1. The van der Waals surface area contributed by atoms with Crippen molar-refractivity contribution in [2.24, 2.45) is 0 Å². The highest BCUT2D eigenvalue weighted by Crippen LogP contribution is 2.28. The molecule has 1 fully saturated rings. The molecule has 0 radical (unpaired) electrons. The van der Waals surface area contributed by atoms with Crippen LogP contribution in [-0.4, -0.2) is 59.6 Å². The van der Waals surface area contributed by atoms with Gasteiger partial charge < -0.3 is 19.9 Å². The van der Waals surface area contributed by atoms with Crippen molar-refractivity contribution in [3.8, 4) is 17.9 Å². The van der Waals surface area contributed by atoms with E-state index in [1.54, 1.807) is 26.2 Å². The lowest BCUT2D eigenvalue weighted by molar-refractivity contribution is 0.0943. The third kappa shape index (κ3) is 7.39. The first-order chi connectivity index (χ1) is 19.8. The minimum atomic E-state index is -0.146. The van der Waals surface area contributed by atoms with Crippen LogP contribution in [0.1, 0.15) is 64.9 Å². The van der Waals surface area contributed by atoms with Crippen LogP contribution in [0.25, 0.3) is 0 Å². The van der Waals surface area contributed by atoms with Crippen molar-refractivity contribution in [1.82, 2.24) is 20.2 Å². The number of nitrogens with zero attached hydrogens (tertiary/aromatic N) is 6. The predicted octanol–water partition coefficient (Wildman–Crippen LogP) is 4.53. The average Bonchev–Trinajstić information content (AvgIpc) is 2.99. The van der Waals surface area contributed by atoms with E-state index >= 15 is 0 Å². The molecule has 9 nitrogen and oxygen atoms in total. The third-order valence-electron chi connectivity index (χ3n) is 7.81. The van der Waals surface area contributed by atoms with Gasteiger partial charge in [0.25, 0.3) is 5.91 Å². The maximum atomic E-state index is 12.8. The van der Waals surface area contributed by atoms with E-state index in [9.17, 15) is 10.1 Å². The number of pyridine rings is 2. The molecular weight excluding hydrogens is 514 g/mol. The molecule has 9 heteroatoms. The maximum Gasteiger partial charge on any atom is 0.253 e. The molecule has 1 atom stereocenters. The van der Waals surface area contributed by atoms with E-state index in [0.717, 1.165) is 55.0 Å². The monoisotopic (exact) mass is 551 g/mol. The topological polar surface area (TPSA) is 118 Å². The summed E-state index contributed by atoms with van der Waals surface area (Å²) in [6, 6.07) is 20.2. The number of hydrogen-bond acceptors (Lipinski definition) is 8. The summed E-state index contributed by atoms with van der Waals surface area (Å²) in [5, 5.41) is 21.5. The molecule has 212 valence electrons. The lowest BCUT2D eigenvalue weighted by Crippen LogP contribution is -2.48. The molecule has 1 aromatic carbocycles. The highest BCUT2D eigenvalue weighted by atomic mass is 16.5. The molecule has 3 heterocycles. The summed E-state index contributed by atoms with van der Waals surface area (Å²) >= 11 is 0. The van der Waals surface area contributed by atoms with Crippen LogP contribution < -0.4 is 15.0 Å². The molecule has 1 saturated heterocycles. The van der Waals surface area contributed by atoms with Gasteiger partial charge in [0, 0.05) is 37.4 Å². The van der Waals surface area contributed by atoms with Crippen LogP contribution in [0.15, 0.2) is 48.5 Å². The van der Waals surface area contributed by atoms with E-state index in [0.29, 0.717) is 47.8 Å². The van der Waals surface area contributed by atoms with Crippen LogP contribution in [0.4, 0.5) is 5.69 Å². The summed E-state index contributed by atoms with van der Waals surface area (Å²) in [5.41, 5.74) is 4.61. The molecule has 0 spiro atoms. The Bertz CT molecular complexity index is 1410. The number of nitriles is 2. The molecule has 0 saturated carbocycles. The molecule has 41 heavy (non-hydrogen) atoms. The van der Waals surface area contributed by atoms with Gasteiger partial charge in [0.1, 0.15) is 29.3 Å². The number of aromatic nitrogens is 2. The van der Waals surface area contributed by atoms with Crippen LogP contribution in [0, 0.1) is 36.5 Å². The zero-order valence-electron chi connectivity index (χ0n) is 24.2. The molecule has 0 bridgehead atoms. The molecular formula is C32H37N7O2. The fourth-order valence-electron chi connectivity index (χ4n) is 5.55. The Balaban J connectivity index is 1.35. The molecule has 1 aliphatic heterocycles. The average molecular weight is 552 g/mol. The summed E-state index contributed by atoms with van der Waals surface area (Å²) < 4.78 is 5.36. The van der Waals surface area contributed by atoms with Crippen molar-refractivity contribution >= 4 is 11.6 Å². The number of hydrogen-bond donors (Lipinski definition) is 1. The Morgan fingerprint density at radius 3 is 2.44 bits per heavy atom. The number of methoxy groups -OCH3 is 1. The van der Waals surface area contributed by atoms with E-state index < -0.39 is 0 Å². The molecule has 1 amide bonds. The predicted molar refractivity (Wildman–Crippen MR) is 158 cm³/mol. The van der Waals surface area contributed by atoms with Crippen LogP contribution in [-0.2, 0) is 6.54 Å². The Morgan fingerprint density at radius 2 is 1.80 bits per heavy atom. The van der Waals surface area contributed by atoms with Crippen molar-refractivity contribution in [2.75, 3.05) is 31.6 Å². The first-order valence-electron chi connectivity index (χ1n) is 14.0. The number of ether oxygens (including phenoxy) is 1. The van der Waals surface area contributed by atoms with E-state index in [2.05, 4.69) is 50.2 Å². The second kappa shape index (κ2) is 13.7. The second-order valence-corrected chi connectivity index (χ2v) is 10.5. The van der Waals surface area contributed by atoms with Crippen molar-refractivity contribution in [3.05, 3.63) is 82.4 Å². The Morgan fingerprint density at radius 1 is 1.10 bits per heavy atom. The van der Waals surface area contributed by atoms with E-state index in [1.807, 2.05) is 37.3 Å². The Kier molecular flexibility index (Phi) is 9.89. The number of rotatable bonds is 10. The fraction of sp³-hybridized carbons (Fsp3) is 0.406. The molecule has 3 aromatic rings. The Labute approximate surface area is 242 Å². The summed E-state index contributed by atoms with van der Waals surface area (Å²) in [4.78, 5) is 26.5. The number of carbonyl (C=O) groups is 1. The van der Waals surface area contributed by atoms with Crippen LogP contribution in [0.2, 0.25) is 0 Å². The summed E-state index contributed by atoms with van der Waals surface area (Å²) in [6.07, 6.45) is 2.83. The summed E-state index contributed by atoms with van der Waals surface area (Å²) in [7, 11) is 1.67. The second-order valence-electron chi connectivity index (χ2n) is 10.5. The van der Waals surface area contributed by atoms with Gasteiger partial charge in [0.05, 0.1) is 30.6 Å². The van der Waals surface area contributed by atoms with E-state index in [1.165, 1.54) is 0 Å². The minimum absolute atomic E-state index is 0.146. The third-order valence-corrected chi connectivity index (χ3v) is 7.81. The summed E-state index contributed by atoms with van der Waals surface area (Å²) in [6.45, 7) is 8.91. The number of benzene rings is 1. The minimum Gasteiger partial charge on any atom is -0.497 e. The highest BCUT2D eigenvalue weighted by Gasteiger charge is 2.28. The standard InChI is InChI=1S/C32H37N7O2/c1-22-18-27(20-34)36-24(3)31(22)32(40)35-15-12-23(2)38-16-13-29(14-17-38)39(28-8-10-30(41-4)11-9-28)21-26-7-5-6-25(19-33)37-26/h5-11,18,23,29H,12-17,21H2,1-4H3,(H,35,40). The number of anilines is 1. The fourth-order valence-corrected chi connectivity index (χ4v) is 5.55. The van der Waals surface area contributed by atoms with Gasteiger partial charge in [-0.2, -0.15) is 10.5 Å². The van der Waals surface area contributed by atoms with Gasteiger partial charge in [-0.05, 0) is 88.1 Å². The largest absolute Gasteiger partial charge is 0.497 e. The molecule has 0 aliphatic carbocycles. The highest BCUT2D eigenvalue weighted by molar-refractivity contribution is 5.96. The van der Waals surface area contributed by atoms with Gasteiger partial charge in [-0.25, -0.2) is 9.97 Å². The Hall–Kier alpha value is -4.47. The number of piperidine rings is 1. The van der Waals surface area contributed by atoms with Gasteiger partial charge in [-0.15, -0.1) is 0 Å². The number of nitrogens with one attached hydrogen (secondary N) is 1. The van der Waals surface area contributed by atoms with Gasteiger partial charge in [0.15, 0.2) is 0 Å². The zero-order valence-corrected chi connectivity index (χ0v) is 24.2. The number of amides is 1. The van der Waals surface area contributed by atoms with Crippen molar-refractivity contribution in [1.29, 1.82) is 10.5 Å². The zero-order chi connectivity index (χ0) is 29.4. The molecule has 4 rings (SSSR count). The normalized spacial score (nSPS) is 14.5. The first-order valence-corrected chi connectivity index (χ1v) is 14.0. The molecule has 1 aliphatic rings. The van der Waals surface area contributed by atoms with E-state index in [4.69, 9.17) is 10.00 Å². The van der Waals surface area contributed by atoms with Crippen LogP contribution >= 0.6 is 0 Å². The quantitative estimate of drug-likeness (QED) is 0.391. The lowest BCUT2D eigenvalue weighted by atomic mass is 9.99. The van der Waals surface area contributed by atoms with Crippen LogP contribution in [0.3, 0.4) is 0 Å². The van der Waals surface area contributed by atoms with E-state index in [-0.39, 0.29) is 5.91 Å². The maximum absolute atomic E-state index is 12.8. The van der Waals surface area contributed by atoms with Crippen LogP contribution in [0.5, 0.6) is 5.75 Å². The van der Waals surface area contributed by atoms with Crippen molar-refractivity contribution in [3.63, 3.8) is 0 Å². The number of aryl methyl sites for hydroxylation is 2.